The number of amides is 2. The first-order valence-corrected chi connectivity index (χ1v) is 9.77. The predicted octanol–water partition coefficient (Wildman–Crippen LogP) is 0.802. The summed E-state index contributed by atoms with van der Waals surface area (Å²) in [5.41, 5.74) is 0.810. The van der Waals surface area contributed by atoms with Crippen molar-refractivity contribution in [2.24, 2.45) is 5.92 Å². The average molecular weight is 374 g/mol. The van der Waals surface area contributed by atoms with E-state index in [9.17, 15) is 9.59 Å². The molecular formula is C20H30N4O3. The number of carbonyl (C=O) groups excluding carboxylic acids is 2. The van der Waals surface area contributed by atoms with Gasteiger partial charge in [-0.1, -0.05) is 6.92 Å². The molecule has 2 aliphatic rings. The third-order valence-electron chi connectivity index (χ3n) is 5.52. The second-order valence-electron chi connectivity index (χ2n) is 7.17. The number of rotatable bonds is 7. The quantitative estimate of drug-likeness (QED) is 0.765. The number of anilines is 1. The van der Waals surface area contributed by atoms with Crippen LogP contribution in [0.4, 0.5) is 5.69 Å². The van der Waals surface area contributed by atoms with Crippen LogP contribution in [0.2, 0.25) is 0 Å². The molecule has 0 spiro atoms. The van der Waals surface area contributed by atoms with Gasteiger partial charge in [-0.05, 0) is 30.8 Å². The van der Waals surface area contributed by atoms with Crippen molar-refractivity contribution in [3.8, 4) is 5.75 Å². The monoisotopic (exact) mass is 374 g/mol. The van der Waals surface area contributed by atoms with E-state index in [0.717, 1.165) is 50.7 Å². The Kier molecular flexibility index (Phi) is 6.68. The number of hydrogen-bond donors (Lipinski definition) is 1. The summed E-state index contributed by atoms with van der Waals surface area (Å²) in [5, 5.41) is 3.01. The SMILES string of the molecule is CCN1CCN(CCNC(=O)[C@H]2CC(=O)N(c3ccc(OC)cc3)C2)CC1. The normalized spacial score (nSPS) is 21.5. The third kappa shape index (κ3) is 4.99. The summed E-state index contributed by atoms with van der Waals surface area (Å²) in [4.78, 5) is 31.3. The molecule has 0 bridgehead atoms. The van der Waals surface area contributed by atoms with E-state index in [4.69, 9.17) is 4.74 Å². The van der Waals surface area contributed by atoms with E-state index in [1.165, 1.54) is 0 Å². The maximum Gasteiger partial charge on any atom is 0.227 e. The van der Waals surface area contributed by atoms with Crippen LogP contribution in [0.5, 0.6) is 5.75 Å². The Morgan fingerprint density at radius 3 is 2.44 bits per heavy atom. The lowest BCUT2D eigenvalue weighted by atomic mass is 10.1. The number of hydrogen-bond acceptors (Lipinski definition) is 5. The maximum atomic E-state index is 12.5. The lowest BCUT2D eigenvalue weighted by molar-refractivity contribution is -0.126. The van der Waals surface area contributed by atoms with Crippen molar-refractivity contribution in [1.29, 1.82) is 0 Å². The zero-order valence-corrected chi connectivity index (χ0v) is 16.3. The number of methoxy groups -OCH3 is 1. The van der Waals surface area contributed by atoms with Gasteiger partial charge < -0.3 is 19.9 Å². The minimum atomic E-state index is -0.281. The first-order chi connectivity index (χ1) is 13.1. The van der Waals surface area contributed by atoms with Crippen LogP contribution < -0.4 is 15.0 Å². The van der Waals surface area contributed by atoms with Gasteiger partial charge in [0.25, 0.3) is 0 Å². The van der Waals surface area contributed by atoms with Crippen LogP contribution in [0.15, 0.2) is 24.3 Å². The highest BCUT2D eigenvalue weighted by molar-refractivity contribution is 6.00. The smallest absolute Gasteiger partial charge is 0.227 e. The molecule has 2 amide bonds. The number of carbonyl (C=O) groups is 2. The predicted molar refractivity (Wildman–Crippen MR) is 105 cm³/mol. The van der Waals surface area contributed by atoms with E-state index in [0.29, 0.717) is 13.1 Å². The molecule has 7 heteroatoms. The van der Waals surface area contributed by atoms with Crippen LogP contribution >= 0.6 is 0 Å². The summed E-state index contributed by atoms with van der Waals surface area (Å²) in [7, 11) is 1.61. The molecule has 0 unspecified atom stereocenters. The van der Waals surface area contributed by atoms with Crippen molar-refractivity contribution in [2.45, 2.75) is 13.3 Å². The van der Waals surface area contributed by atoms with Gasteiger partial charge in [0, 0.05) is 57.9 Å². The average Bonchev–Trinajstić information content (AvgIpc) is 3.10. The summed E-state index contributed by atoms with van der Waals surface area (Å²) >= 11 is 0. The number of nitrogens with one attached hydrogen (secondary N) is 1. The third-order valence-corrected chi connectivity index (χ3v) is 5.52. The van der Waals surface area contributed by atoms with Gasteiger partial charge in [-0.25, -0.2) is 0 Å². The van der Waals surface area contributed by atoms with Gasteiger partial charge in [0.15, 0.2) is 0 Å². The zero-order valence-electron chi connectivity index (χ0n) is 16.3. The highest BCUT2D eigenvalue weighted by atomic mass is 16.5. The lowest BCUT2D eigenvalue weighted by Gasteiger charge is -2.34. The molecule has 1 atom stereocenters. The molecule has 7 nitrogen and oxygen atoms in total. The molecule has 0 radical (unpaired) electrons. The van der Waals surface area contributed by atoms with Gasteiger partial charge in [-0.3, -0.25) is 14.5 Å². The lowest BCUT2D eigenvalue weighted by Crippen LogP contribution is -2.48. The van der Waals surface area contributed by atoms with Crippen molar-refractivity contribution in [3.05, 3.63) is 24.3 Å². The highest BCUT2D eigenvalue weighted by Crippen LogP contribution is 2.26. The number of likely N-dealkylation sites (N-methyl/N-ethyl adjacent to an activating group) is 1. The van der Waals surface area contributed by atoms with E-state index in [2.05, 4.69) is 22.0 Å². The second-order valence-corrected chi connectivity index (χ2v) is 7.17. The largest absolute Gasteiger partial charge is 0.497 e. The highest BCUT2D eigenvalue weighted by Gasteiger charge is 2.35. The molecule has 2 aliphatic heterocycles. The molecule has 27 heavy (non-hydrogen) atoms. The molecule has 3 rings (SSSR count). The fraction of sp³-hybridized carbons (Fsp3) is 0.600. The second kappa shape index (κ2) is 9.19. The van der Waals surface area contributed by atoms with Crippen molar-refractivity contribution >= 4 is 17.5 Å². The summed E-state index contributed by atoms with van der Waals surface area (Å²) < 4.78 is 5.15. The zero-order chi connectivity index (χ0) is 19.2. The molecule has 0 saturated carbocycles. The van der Waals surface area contributed by atoms with Crippen LogP contribution in [0.25, 0.3) is 0 Å². The summed E-state index contributed by atoms with van der Waals surface area (Å²) in [6.45, 7) is 9.53. The van der Waals surface area contributed by atoms with E-state index in [1.54, 1.807) is 12.0 Å². The standard InChI is InChI=1S/C20H30N4O3/c1-3-22-10-12-23(13-11-22)9-8-21-20(26)16-14-19(25)24(15-16)17-4-6-18(27-2)7-5-17/h4-7,16H,3,8-15H2,1-2H3,(H,21,26)/t16-/m0/s1. The molecule has 0 aliphatic carbocycles. The number of nitrogens with zero attached hydrogens (tertiary/aromatic N) is 3. The van der Waals surface area contributed by atoms with Crippen molar-refractivity contribution in [3.63, 3.8) is 0 Å². The summed E-state index contributed by atoms with van der Waals surface area (Å²) in [6, 6.07) is 7.36. The number of piperazine rings is 1. The molecule has 148 valence electrons. The molecule has 1 aromatic rings. The molecule has 0 aromatic heterocycles. The fourth-order valence-corrected chi connectivity index (χ4v) is 3.71. The van der Waals surface area contributed by atoms with Gasteiger partial charge in [0.05, 0.1) is 13.0 Å². The molecule has 2 saturated heterocycles. The van der Waals surface area contributed by atoms with Gasteiger partial charge in [0.1, 0.15) is 5.75 Å². The Hall–Kier alpha value is -2.12. The maximum absolute atomic E-state index is 12.5. The first kappa shape index (κ1) is 19.6. The topological polar surface area (TPSA) is 65.1 Å². The van der Waals surface area contributed by atoms with Gasteiger partial charge >= 0.3 is 0 Å². The van der Waals surface area contributed by atoms with E-state index >= 15 is 0 Å². The summed E-state index contributed by atoms with van der Waals surface area (Å²) in [5.74, 6) is 0.443. The number of benzene rings is 1. The Labute approximate surface area is 161 Å². The van der Waals surface area contributed by atoms with Crippen molar-refractivity contribution in [1.82, 2.24) is 15.1 Å². The summed E-state index contributed by atoms with van der Waals surface area (Å²) in [6.07, 6.45) is 0.271. The van der Waals surface area contributed by atoms with E-state index in [-0.39, 0.29) is 24.2 Å². The molecule has 2 fully saturated rings. The van der Waals surface area contributed by atoms with Gasteiger partial charge in [-0.2, -0.15) is 0 Å². The van der Waals surface area contributed by atoms with E-state index in [1.807, 2.05) is 24.3 Å². The Balaban J connectivity index is 1.43. The van der Waals surface area contributed by atoms with Gasteiger partial charge in [-0.15, -0.1) is 0 Å². The van der Waals surface area contributed by atoms with Crippen LogP contribution in [0.3, 0.4) is 0 Å². The Morgan fingerprint density at radius 1 is 1.15 bits per heavy atom. The van der Waals surface area contributed by atoms with Crippen molar-refractivity contribution in [2.75, 3.05) is 64.4 Å². The molecule has 1 aromatic carbocycles. The van der Waals surface area contributed by atoms with Crippen LogP contribution in [-0.4, -0.2) is 81.1 Å². The van der Waals surface area contributed by atoms with Crippen LogP contribution in [0.1, 0.15) is 13.3 Å². The Morgan fingerprint density at radius 2 is 1.81 bits per heavy atom. The van der Waals surface area contributed by atoms with Crippen LogP contribution in [0, 0.1) is 5.92 Å². The number of ether oxygens (including phenoxy) is 1. The molecule has 1 N–H and O–H groups in total. The van der Waals surface area contributed by atoms with Crippen LogP contribution in [-0.2, 0) is 9.59 Å². The minimum Gasteiger partial charge on any atom is -0.497 e. The fourth-order valence-electron chi connectivity index (χ4n) is 3.71. The van der Waals surface area contributed by atoms with Gasteiger partial charge in [0.2, 0.25) is 11.8 Å². The minimum absolute atomic E-state index is 0.00370. The first-order valence-electron chi connectivity index (χ1n) is 9.77. The van der Waals surface area contributed by atoms with Crippen molar-refractivity contribution < 1.29 is 14.3 Å². The van der Waals surface area contributed by atoms with E-state index < -0.39 is 0 Å². The Bertz CT molecular complexity index is 641. The molecule has 2 heterocycles. The molecular weight excluding hydrogens is 344 g/mol.